The second kappa shape index (κ2) is 6.23. The van der Waals surface area contributed by atoms with Gasteiger partial charge in [-0.3, -0.25) is 10.1 Å². The molecule has 4 nitrogen and oxygen atoms in total. The van der Waals surface area contributed by atoms with E-state index < -0.39 is 0 Å². The molecule has 1 N–H and O–H groups in total. The molecule has 1 aromatic carbocycles. The fourth-order valence-corrected chi connectivity index (χ4v) is 1.57. The van der Waals surface area contributed by atoms with Crippen molar-refractivity contribution in [2.24, 2.45) is 0 Å². The van der Waals surface area contributed by atoms with Crippen LogP contribution >= 0.6 is 0 Å². The van der Waals surface area contributed by atoms with E-state index >= 15 is 0 Å². The lowest BCUT2D eigenvalue weighted by Crippen LogP contribution is -2.23. The van der Waals surface area contributed by atoms with Crippen molar-refractivity contribution in [3.63, 3.8) is 0 Å². The van der Waals surface area contributed by atoms with Crippen molar-refractivity contribution in [1.29, 1.82) is 0 Å². The summed E-state index contributed by atoms with van der Waals surface area (Å²) in [6.45, 7) is 5.07. The number of nitro groups is 1. The predicted octanol–water partition coefficient (Wildman–Crippen LogP) is 2.53. The summed E-state index contributed by atoms with van der Waals surface area (Å²) in [5, 5.41) is 14.0. The lowest BCUT2D eigenvalue weighted by atomic mass is 10.1. The van der Waals surface area contributed by atoms with Crippen LogP contribution in [0.1, 0.15) is 25.8 Å². The first-order valence-electron chi connectivity index (χ1n) is 5.57. The van der Waals surface area contributed by atoms with Gasteiger partial charge < -0.3 is 5.32 Å². The average Bonchev–Trinajstić information content (AvgIpc) is 2.24. The number of nitrogens with one attached hydrogen (secondary N) is 1. The molecule has 0 saturated heterocycles. The Morgan fingerprint density at radius 1 is 1.38 bits per heavy atom. The SMILES string of the molecule is CC(C)NCCCc1ccccc1[N+](=O)[O-]. The molecule has 0 unspecified atom stereocenters. The van der Waals surface area contributed by atoms with E-state index in [4.69, 9.17) is 0 Å². The number of para-hydroxylation sites is 1. The molecular weight excluding hydrogens is 204 g/mol. The highest BCUT2D eigenvalue weighted by Gasteiger charge is 2.11. The molecule has 0 aliphatic carbocycles. The van der Waals surface area contributed by atoms with Crippen molar-refractivity contribution < 1.29 is 4.92 Å². The molecule has 0 aliphatic heterocycles. The number of aryl methyl sites for hydroxylation is 1. The van der Waals surface area contributed by atoms with Crippen molar-refractivity contribution in [1.82, 2.24) is 5.32 Å². The van der Waals surface area contributed by atoms with Gasteiger partial charge in [-0.25, -0.2) is 0 Å². The van der Waals surface area contributed by atoms with Gasteiger partial charge >= 0.3 is 0 Å². The van der Waals surface area contributed by atoms with Gasteiger partial charge in [-0.2, -0.15) is 0 Å². The van der Waals surface area contributed by atoms with E-state index in [0.29, 0.717) is 6.04 Å². The molecule has 0 atom stereocenters. The third-order valence-electron chi connectivity index (χ3n) is 2.36. The zero-order valence-electron chi connectivity index (χ0n) is 9.77. The van der Waals surface area contributed by atoms with E-state index in [-0.39, 0.29) is 10.6 Å². The molecule has 0 bridgehead atoms. The summed E-state index contributed by atoms with van der Waals surface area (Å²) in [6.07, 6.45) is 1.67. The lowest BCUT2D eigenvalue weighted by Gasteiger charge is -2.07. The quantitative estimate of drug-likeness (QED) is 0.457. The molecule has 16 heavy (non-hydrogen) atoms. The summed E-state index contributed by atoms with van der Waals surface area (Å²) >= 11 is 0. The molecule has 4 heteroatoms. The van der Waals surface area contributed by atoms with Crippen LogP contribution in [0.3, 0.4) is 0 Å². The molecule has 0 amide bonds. The molecule has 1 rings (SSSR count). The monoisotopic (exact) mass is 222 g/mol. The number of hydrogen-bond donors (Lipinski definition) is 1. The second-order valence-corrected chi connectivity index (χ2v) is 4.10. The Bertz CT molecular complexity index is 351. The summed E-state index contributed by atoms with van der Waals surface area (Å²) < 4.78 is 0. The van der Waals surface area contributed by atoms with E-state index in [1.54, 1.807) is 12.1 Å². The van der Waals surface area contributed by atoms with Gasteiger partial charge in [-0.1, -0.05) is 32.0 Å². The Kier molecular flexibility index (Phi) is 4.92. The normalized spacial score (nSPS) is 10.7. The van der Waals surface area contributed by atoms with Crippen molar-refractivity contribution in [2.45, 2.75) is 32.7 Å². The van der Waals surface area contributed by atoms with E-state index in [0.717, 1.165) is 24.9 Å². The Morgan fingerprint density at radius 2 is 2.06 bits per heavy atom. The van der Waals surface area contributed by atoms with Crippen LogP contribution in [0.4, 0.5) is 5.69 Å². The minimum Gasteiger partial charge on any atom is -0.315 e. The summed E-state index contributed by atoms with van der Waals surface area (Å²) in [4.78, 5) is 10.4. The summed E-state index contributed by atoms with van der Waals surface area (Å²) in [7, 11) is 0. The highest BCUT2D eigenvalue weighted by Crippen LogP contribution is 2.18. The van der Waals surface area contributed by atoms with Crippen molar-refractivity contribution in [3.05, 3.63) is 39.9 Å². The number of nitrogens with zero attached hydrogens (tertiary/aromatic N) is 1. The van der Waals surface area contributed by atoms with Crippen LogP contribution in [-0.4, -0.2) is 17.5 Å². The average molecular weight is 222 g/mol. The fraction of sp³-hybridized carbons (Fsp3) is 0.500. The van der Waals surface area contributed by atoms with Crippen molar-refractivity contribution in [3.8, 4) is 0 Å². The summed E-state index contributed by atoms with van der Waals surface area (Å²) in [5.74, 6) is 0. The van der Waals surface area contributed by atoms with Gasteiger partial charge in [0.05, 0.1) is 4.92 Å². The maximum absolute atomic E-state index is 10.8. The first-order chi connectivity index (χ1) is 7.61. The van der Waals surface area contributed by atoms with Crippen molar-refractivity contribution >= 4 is 5.69 Å². The Labute approximate surface area is 95.8 Å². The molecule has 0 aromatic heterocycles. The molecule has 88 valence electrons. The van der Waals surface area contributed by atoms with Crippen LogP contribution in [0.25, 0.3) is 0 Å². The Hall–Kier alpha value is -1.42. The Morgan fingerprint density at radius 3 is 2.69 bits per heavy atom. The van der Waals surface area contributed by atoms with Crippen LogP contribution in [0, 0.1) is 10.1 Å². The smallest absolute Gasteiger partial charge is 0.272 e. The highest BCUT2D eigenvalue weighted by atomic mass is 16.6. The Balaban J connectivity index is 2.50. The van der Waals surface area contributed by atoms with Crippen LogP contribution in [0.5, 0.6) is 0 Å². The van der Waals surface area contributed by atoms with Gasteiger partial charge in [0.1, 0.15) is 0 Å². The second-order valence-electron chi connectivity index (χ2n) is 4.10. The van der Waals surface area contributed by atoms with Crippen LogP contribution in [-0.2, 0) is 6.42 Å². The first-order valence-corrected chi connectivity index (χ1v) is 5.57. The maximum Gasteiger partial charge on any atom is 0.272 e. The molecule has 0 radical (unpaired) electrons. The standard InChI is InChI=1S/C12H18N2O2/c1-10(2)13-9-5-7-11-6-3-4-8-12(11)14(15)16/h3-4,6,8,10,13H,5,7,9H2,1-2H3. The van der Waals surface area contributed by atoms with E-state index in [1.165, 1.54) is 0 Å². The van der Waals surface area contributed by atoms with Gasteiger partial charge in [0, 0.05) is 17.7 Å². The predicted molar refractivity (Wildman–Crippen MR) is 64.6 cm³/mol. The van der Waals surface area contributed by atoms with E-state index in [9.17, 15) is 10.1 Å². The van der Waals surface area contributed by atoms with E-state index in [2.05, 4.69) is 19.2 Å². The van der Waals surface area contributed by atoms with Crippen LogP contribution in [0.15, 0.2) is 24.3 Å². The molecule has 0 aliphatic rings. The minimum absolute atomic E-state index is 0.229. The zero-order chi connectivity index (χ0) is 12.0. The van der Waals surface area contributed by atoms with Gasteiger partial charge in [-0.05, 0) is 19.4 Å². The number of hydrogen-bond acceptors (Lipinski definition) is 3. The topological polar surface area (TPSA) is 55.2 Å². The molecule has 0 spiro atoms. The van der Waals surface area contributed by atoms with Gasteiger partial charge in [0.2, 0.25) is 0 Å². The van der Waals surface area contributed by atoms with Crippen LogP contribution in [0.2, 0.25) is 0 Å². The first kappa shape index (κ1) is 12.6. The largest absolute Gasteiger partial charge is 0.315 e. The molecular formula is C12H18N2O2. The molecule has 0 saturated carbocycles. The van der Waals surface area contributed by atoms with Gasteiger partial charge in [0.25, 0.3) is 5.69 Å². The molecule has 1 aromatic rings. The maximum atomic E-state index is 10.8. The minimum atomic E-state index is -0.314. The fourth-order valence-electron chi connectivity index (χ4n) is 1.57. The molecule has 0 heterocycles. The summed E-state index contributed by atoms with van der Waals surface area (Å²) in [5.41, 5.74) is 1.05. The van der Waals surface area contributed by atoms with Gasteiger partial charge in [0.15, 0.2) is 0 Å². The van der Waals surface area contributed by atoms with Crippen molar-refractivity contribution in [2.75, 3.05) is 6.54 Å². The third kappa shape index (κ3) is 3.98. The number of benzene rings is 1. The van der Waals surface area contributed by atoms with Gasteiger partial charge in [-0.15, -0.1) is 0 Å². The lowest BCUT2D eigenvalue weighted by molar-refractivity contribution is -0.385. The van der Waals surface area contributed by atoms with Crippen LogP contribution < -0.4 is 5.32 Å². The summed E-state index contributed by atoms with van der Waals surface area (Å²) in [6, 6.07) is 7.40. The molecule has 0 fully saturated rings. The highest BCUT2D eigenvalue weighted by molar-refractivity contribution is 5.39. The third-order valence-corrected chi connectivity index (χ3v) is 2.36. The van der Waals surface area contributed by atoms with E-state index in [1.807, 2.05) is 12.1 Å². The number of rotatable bonds is 6. The number of nitro benzene ring substituents is 1. The zero-order valence-corrected chi connectivity index (χ0v) is 9.77.